The highest BCUT2D eigenvalue weighted by atomic mass is 79.9. The summed E-state index contributed by atoms with van der Waals surface area (Å²) in [5, 5.41) is 3.40. The van der Waals surface area contributed by atoms with Crippen molar-refractivity contribution in [2.24, 2.45) is 5.11 Å². The zero-order valence-corrected chi connectivity index (χ0v) is 8.92. The van der Waals surface area contributed by atoms with Gasteiger partial charge in [0.15, 0.2) is 5.82 Å². The fourth-order valence-corrected chi connectivity index (χ4v) is 0.979. The third kappa shape index (κ3) is 4.02. The van der Waals surface area contributed by atoms with Gasteiger partial charge in [0.2, 0.25) is 0 Å². The minimum atomic E-state index is 0.462. The molecule has 14 heavy (non-hydrogen) atoms. The van der Waals surface area contributed by atoms with Gasteiger partial charge in [0.05, 0.1) is 4.47 Å². The van der Waals surface area contributed by atoms with E-state index in [1.165, 1.54) is 0 Å². The van der Waals surface area contributed by atoms with Crippen LogP contribution in [0.4, 0.5) is 0 Å². The number of nitrogens with zero attached hydrogens (tertiary/aromatic N) is 5. The van der Waals surface area contributed by atoms with Gasteiger partial charge in [-0.05, 0) is 34.0 Å². The van der Waals surface area contributed by atoms with E-state index in [1.54, 1.807) is 18.5 Å². The van der Waals surface area contributed by atoms with E-state index in [9.17, 15) is 0 Å². The average Bonchev–Trinajstić information content (AvgIpc) is 2.21. The molecule has 0 aliphatic carbocycles. The van der Waals surface area contributed by atoms with E-state index < -0.39 is 0 Å². The van der Waals surface area contributed by atoms with Crippen LogP contribution >= 0.6 is 15.9 Å². The zero-order valence-electron chi connectivity index (χ0n) is 7.34. The zero-order chi connectivity index (χ0) is 10.2. The normalized spacial score (nSPS) is 10.1. The van der Waals surface area contributed by atoms with Crippen molar-refractivity contribution in [2.45, 2.75) is 6.42 Å². The lowest BCUT2D eigenvalue weighted by Gasteiger charge is -1.91. The van der Waals surface area contributed by atoms with Gasteiger partial charge in [-0.25, -0.2) is 9.97 Å². The molecule has 0 saturated carbocycles. The van der Waals surface area contributed by atoms with Crippen molar-refractivity contribution in [3.63, 3.8) is 0 Å². The molecule has 0 aliphatic heterocycles. The van der Waals surface area contributed by atoms with Gasteiger partial charge in [-0.2, -0.15) is 0 Å². The molecule has 0 bridgehead atoms. The van der Waals surface area contributed by atoms with Crippen LogP contribution in [-0.2, 0) is 0 Å². The SMILES string of the molecule is [N-]=[N+]=NCCC=Cc1ncc(Br)cn1. The Labute approximate surface area is 89.6 Å². The lowest BCUT2D eigenvalue weighted by molar-refractivity contribution is 0.993. The lowest BCUT2D eigenvalue weighted by atomic mass is 10.3. The molecule has 0 N–H and O–H groups in total. The van der Waals surface area contributed by atoms with E-state index in [2.05, 4.69) is 35.9 Å². The Bertz CT molecular complexity index is 352. The largest absolute Gasteiger partial charge is 0.236 e. The number of hydrogen-bond acceptors (Lipinski definition) is 3. The van der Waals surface area contributed by atoms with Gasteiger partial charge in [-0.15, -0.1) is 0 Å². The van der Waals surface area contributed by atoms with Crippen LogP contribution in [0.2, 0.25) is 0 Å². The second kappa shape index (κ2) is 6.12. The number of halogens is 1. The summed E-state index contributed by atoms with van der Waals surface area (Å²) in [7, 11) is 0. The molecule has 1 heterocycles. The van der Waals surface area contributed by atoms with Crippen LogP contribution in [0.5, 0.6) is 0 Å². The second-order valence-electron chi connectivity index (χ2n) is 2.40. The van der Waals surface area contributed by atoms with Gasteiger partial charge in [-0.1, -0.05) is 11.2 Å². The van der Waals surface area contributed by atoms with Crippen LogP contribution < -0.4 is 0 Å². The molecule has 0 unspecified atom stereocenters. The molecule has 72 valence electrons. The lowest BCUT2D eigenvalue weighted by Crippen LogP contribution is -1.85. The van der Waals surface area contributed by atoms with Crippen molar-refractivity contribution in [2.75, 3.05) is 6.54 Å². The Hall–Kier alpha value is -1.39. The molecular weight excluding hydrogens is 246 g/mol. The number of aromatic nitrogens is 2. The van der Waals surface area contributed by atoms with Crippen molar-refractivity contribution in [1.29, 1.82) is 0 Å². The van der Waals surface area contributed by atoms with Gasteiger partial charge in [0.1, 0.15) is 0 Å². The van der Waals surface area contributed by atoms with Crippen molar-refractivity contribution in [1.82, 2.24) is 9.97 Å². The highest BCUT2D eigenvalue weighted by Crippen LogP contribution is 2.05. The van der Waals surface area contributed by atoms with Crippen molar-refractivity contribution >= 4 is 22.0 Å². The van der Waals surface area contributed by atoms with Crippen molar-refractivity contribution in [3.8, 4) is 0 Å². The summed E-state index contributed by atoms with van der Waals surface area (Å²) in [6.07, 6.45) is 7.72. The highest BCUT2D eigenvalue weighted by Gasteiger charge is 1.89. The van der Waals surface area contributed by atoms with Crippen LogP contribution in [0.3, 0.4) is 0 Å². The Morgan fingerprint density at radius 2 is 2.21 bits per heavy atom. The molecule has 0 amide bonds. The van der Waals surface area contributed by atoms with E-state index in [0.29, 0.717) is 18.8 Å². The standard InChI is InChI=1S/C8H8BrN5/c9-7-5-11-8(12-6-7)3-1-2-4-13-14-10/h1,3,5-6H,2,4H2. The summed E-state index contributed by atoms with van der Waals surface area (Å²) in [6, 6.07) is 0. The molecule has 0 spiro atoms. The third-order valence-corrected chi connectivity index (χ3v) is 1.78. The quantitative estimate of drug-likeness (QED) is 0.358. The first-order chi connectivity index (χ1) is 6.83. The summed E-state index contributed by atoms with van der Waals surface area (Å²) in [4.78, 5) is 10.7. The Morgan fingerprint density at radius 3 is 2.86 bits per heavy atom. The van der Waals surface area contributed by atoms with E-state index in [1.807, 2.05) is 6.08 Å². The van der Waals surface area contributed by atoms with Crippen LogP contribution in [0.15, 0.2) is 28.1 Å². The van der Waals surface area contributed by atoms with Crippen LogP contribution in [0.25, 0.3) is 16.5 Å². The minimum Gasteiger partial charge on any atom is -0.236 e. The van der Waals surface area contributed by atoms with Gasteiger partial charge < -0.3 is 0 Å². The smallest absolute Gasteiger partial charge is 0.151 e. The molecule has 1 rings (SSSR count). The van der Waals surface area contributed by atoms with E-state index in [4.69, 9.17) is 5.53 Å². The van der Waals surface area contributed by atoms with E-state index in [0.717, 1.165) is 4.47 Å². The molecule has 0 aromatic carbocycles. The topological polar surface area (TPSA) is 74.5 Å². The van der Waals surface area contributed by atoms with E-state index >= 15 is 0 Å². The summed E-state index contributed by atoms with van der Waals surface area (Å²) in [5.41, 5.74) is 8.02. The van der Waals surface area contributed by atoms with Crippen LogP contribution in [0, 0.1) is 0 Å². The summed E-state index contributed by atoms with van der Waals surface area (Å²) < 4.78 is 0.851. The predicted octanol–water partition coefficient (Wildman–Crippen LogP) is 2.95. The van der Waals surface area contributed by atoms with Gasteiger partial charge >= 0.3 is 0 Å². The van der Waals surface area contributed by atoms with E-state index in [-0.39, 0.29) is 0 Å². The predicted molar refractivity (Wildman–Crippen MR) is 57.4 cm³/mol. The maximum absolute atomic E-state index is 8.02. The summed E-state index contributed by atoms with van der Waals surface area (Å²) >= 11 is 3.24. The Morgan fingerprint density at radius 1 is 1.50 bits per heavy atom. The molecule has 0 saturated heterocycles. The first kappa shape index (κ1) is 10.7. The first-order valence-electron chi connectivity index (χ1n) is 3.98. The molecule has 1 aromatic heterocycles. The Balaban J connectivity index is 2.43. The maximum Gasteiger partial charge on any atom is 0.151 e. The summed E-state index contributed by atoms with van der Waals surface area (Å²) in [6.45, 7) is 0.462. The van der Waals surface area contributed by atoms with Crippen molar-refractivity contribution in [3.05, 3.63) is 39.2 Å². The molecule has 5 nitrogen and oxygen atoms in total. The molecule has 6 heteroatoms. The second-order valence-corrected chi connectivity index (χ2v) is 3.32. The average molecular weight is 254 g/mol. The molecular formula is C8H8BrN5. The number of hydrogen-bond donors (Lipinski definition) is 0. The summed E-state index contributed by atoms with van der Waals surface area (Å²) in [5.74, 6) is 0.647. The van der Waals surface area contributed by atoms with Crippen LogP contribution in [-0.4, -0.2) is 16.5 Å². The van der Waals surface area contributed by atoms with Crippen LogP contribution in [0.1, 0.15) is 12.2 Å². The monoisotopic (exact) mass is 253 g/mol. The molecule has 0 atom stereocenters. The fraction of sp³-hybridized carbons (Fsp3) is 0.250. The van der Waals surface area contributed by atoms with Gasteiger partial charge in [0.25, 0.3) is 0 Å². The Kier molecular flexibility index (Phi) is 4.68. The highest BCUT2D eigenvalue weighted by molar-refractivity contribution is 9.10. The minimum absolute atomic E-state index is 0.462. The number of rotatable bonds is 4. The van der Waals surface area contributed by atoms with Crippen molar-refractivity contribution < 1.29 is 0 Å². The first-order valence-corrected chi connectivity index (χ1v) is 4.77. The molecule has 0 radical (unpaired) electrons. The maximum atomic E-state index is 8.02. The molecule has 0 fully saturated rings. The molecule has 1 aromatic rings. The molecule has 0 aliphatic rings. The fourth-order valence-electron chi connectivity index (χ4n) is 0.774. The number of azide groups is 1. The third-order valence-electron chi connectivity index (χ3n) is 1.37. The van der Waals surface area contributed by atoms with Gasteiger partial charge in [-0.3, -0.25) is 0 Å². The van der Waals surface area contributed by atoms with Gasteiger partial charge in [0, 0.05) is 23.9 Å².